The molecule has 0 atom stereocenters. The van der Waals surface area contributed by atoms with Crippen LogP contribution in [0.3, 0.4) is 0 Å². The maximum absolute atomic E-state index is 12.2. The first-order valence-corrected chi connectivity index (χ1v) is 8.00. The number of anilines is 1. The molecule has 0 aromatic heterocycles. The monoisotopic (exact) mass is 303 g/mol. The number of hydrogen-bond donors (Lipinski definition) is 2. The van der Waals surface area contributed by atoms with Gasteiger partial charge in [-0.15, -0.1) is 0 Å². The molecule has 0 unspecified atom stereocenters. The van der Waals surface area contributed by atoms with Gasteiger partial charge in [0, 0.05) is 6.04 Å². The van der Waals surface area contributed by atoms with Crippen molar-refractivity contribution in [1.29, 1.82) is 0 Å². The molecule has 1 aliphatic heterocycles. The van der Waals surface area contributed by atoms with Gasteiger partial charge < -0.3 is 10.6 Å². The molecule has 0 bridgehead atoms. The van der Waals surface area contributed by atoms with Crippen molar-refractivity contribution in [2.24, 2.45) is 0 Å². The summed E-state index contributed by atoms with van der Waals surface area (Å²) in [5, 5.41) is 0.256. The first-order chi connectivity index (χ1) is 8.88. The summed E-state index contributed by atoms with van der Waals surface area (Å²) in [5.74, 6) is 0. The number of likely N-dealkylation sites (tertiary alicyclic amines) is 1. The summed E-state index contributed by atoms with van der Waals surface area (Å²) in [7, 11) is -1.49. The van der Waals surface area contributed by atoms with Gasteiger partial charge in [0.1, 0.15) is 0 Å². The lowest BCUT2D eigenvalue weighted by molar-refractivity contribution is 0.248. The molecule has 0 saturated carbocycles. The fourth-order valence-electron chi connectivity index (χ4n) is 2.09. The summed E-state index contributed by atoms with van der Waals surface area (Å²) in [6.45, 7) is 1.80. The second-order valence-corrected chi connectivity index (χ2v) is 7.00. The third-order valence-corrected chi connectivity index (χ3v) is 5.17. The van der Waals surface area contributed by atoms with Gasteiger partial charge in [0.2, 0.25) is 10.0 Å². The zero-order valence-corrected chi connectivity index (χ0v) is 12.3. The average molecular weight is 304 g/mol. The third kappa shape index (κ3) is 3.60. The highest BCUT2D eigenvalue weighted by molar-refractivity contribution is 7.89. The van der Waals surface area contributed by atoms with Crippen molar-refractivity contribution < 1.29 is 8.42 Å². The number of halogens is 1. The van der Waals surface area contributed by atoms with Crippen LogP contribution in [0, 0.1) is 0 Å². The minimum atomic E-state index is -3.53. The summed E-state index contributed by atoms with van der Waals surface area (Å²) in [5.41, 5.74) is 5.95. The van der Waals surface area contributed by atoms with Crippen molar-refractivity contribution in [2.45, 2.75) is 23.8 Å². The molecule has 1 aromatic rings. The number of nitrogens with zero attached hydrogens (tertiary/aromatic N) is 1. The lowest BCUT2D eigenvalue weighted by Gasteiger charge is -2.29. The number of nitrogens with two attached hydrogens (primary N) is 1. The maximum atomic E-state index is 12.2. The maximum Gasteiger partial charge on any atom is 0.240 e. The van der Waals surface area contributed by atoms with E-state index in [1.807, 2.05) is 7.05 Å². The molecule has 7 heteroatoms. The Morgan fingerprint density at radius 1 is 1.37 bits per heavy atom. The average Bonchev–Trinajstić information content (AvgIpc) is 2.35. The highest BCUT2D eigenvalue weighted by Gasteiger charge is 2.23. The Bertz CT molecular complexity index is 554. The molecule has 106 valence electrons. The van der Waals surface area contributed by atoms with Crippen molar-refractivity contribution in [2.75, 3.05) is 25.9 Å². The van der Waals surface area contributed by atoms with E-state index in [1.54, 1.807) is 0 Å². The summed E-state index contributed by atoms with van der Waals surface area (Å²) >= 11 is 5.86. The summed E-state index contributed by atoms with van der Waals surface area (Å²) < 4.78 is 27.2. The number of piperidine rings is 1. The van der Waals surface area contributed by atoms with Crippen LogP contribution in [0.5, 0.6) is 0 Å². The minimum Gasteiger partial charge on any atom is -0.398 e. The van der Waals surface area contributed by atoms with Crippen molar-refractivity contribution in [1.82, 2.24) is 9.62 Å². The van der Waals surface area contributed by atoms with Crippen LogP contribution < -0.4 is 10.5 Å². The van der Waals surface area contributed by atoms with Gasteiger partial charge in [-0.2, -0.15) is 0 Å². The largest absolute Gasteiger partial charge is 0.398 e. The van der Waals surface area contributed by atoms with E-state index in [9.17, 15) is 8.42 Å². The molecule has 5 nitrogen and oxygen atoms in total. The van der Waals surface area contributed by atoms with E-state index in [-0.39, 0.29) is 16.0 Å². The van der Waals surface area contributed by atoms with Crippen LogP contribution in [0.25, 0.3) is 0 Å². The first-order valence-electron chi connectivity index (χ1n) is 6.14. The van der Waals surface area contributed by atoms with Gasteiger partial charge in [0.05, 0.1) is 15.6 Å². The summed E-state index contributed by atoms with van der Waals surface area (Å²) in [6, 6.07) is 4.34. The number of rotatable bonds is 3. The molecule has 3 N–H and O–H groups in total. The van der Waals surface area contributed by atoms with Crippen LogP contribution in [0.4, 0.5) is 5.69 Å². The lowest BCUT2D eigenvalue weighted by Crippen LogP contribution is -2.43. The van der Waals surface area contributed by atoms with Crippen molar-refractivity contribution >= 4 is 27.3 Å². The van der Waals surface area contributed by atoms with Gasteiger partial charge in [-0.25, -0.2) is 13.1 Å². The van der Waals surface area contributed by atoms with Gasteiger partial charge in [-0.05, 0) is 51.2 Å². The van der Waals surface area contributed by atoms with Gasteiger partial charge in [-0.3, -0.25) is 0 Å². The normalized spacial score (nSPS) is 18.6. The molecule has 2 rings (SSSR count). The fraction of sp³-hybridized carbons (Fsp3) is 0.500. The second-order valence-electron chi connectivity index (χ2n) is 4.88. The molecular formula is C12H18ClN3O2S. The predicted octanol–water partition coefficient (Wildman–Crippen LogP) is 1.29. The van der Waals surface area contributed by atoms with E-state index < -0.39 is 10.0 Å². The zero-order chi connectivity index (χ0) is 14.0. The minimum absolute atomic E-state index is 0.0162. The van der Waals surface area contributed by atoms with Gasteiger partial charge in [0.25, 0.3) is 0 Å². The molecule has 19 heavy (non-hydrogen) atoms. The highest BCUT2D eigenvalue weighted by Crippen LogP contribution is 2.23. The lowest BCUT2D eigenvalue weighted by atomic mass is 10.1. The van der Waals surface area contributed by atoms with Crippen LogP contribution in [-0.4, -0.2) is 39.5 Å². The molecule has 0 spiro atoms. The van der Waals surface area contributed by atoms with E-state index in [0.29, 0.717) is 5.69 Å². The first kappa shape index (κ1) is 14.6. The molecule has 0 radical (unpaired) electrons. The van der Waals surface area contributed by atoms with Crippen LogP contribution in [0.2, 0.25) is 5.02 Å². The molecule has 0 aliphatic carbocycles. The molecule has 1 fully saturated rings. The van der Waals surface area contributed by atoms with Crippen molar-refractivity contribution in [3.63, 3.8) is 0 Å². The Balaban J connectivity index is 2.11. The summed E-state index contributed by atoms with van der Waals surface area (Å²) in [4.78, 5) is 2.34. The van der Waals surface area contributed by atoms with Gasteiger partial charge in [-0.1, -0.05) is 11.6 Å². The quantitative estimate of drug-likeness (QED) is 0.825. The van der Waals surface area contributed by atoms with Crippen LogP contribution in [0.1, 0.15) is 12.8 Å². The van der Waals surface area contributed by atoms with Crippen LogP contribution in [-0.2, 0) is 10.0 Å². The molecule has 1 saturated heterocycles. The third-order valence-electron chi connectivity index (χ3n) is 3.32. The molecular weight excluding hydrogens is 286 g/mol. The fourth-order valence-corrected chi connectivity index (χ4v) is 3.66. The topological polar surface area (TPSA) is 75.4 Å². The van der Waals surface area contributed by atoms with E-state index in [4.69, 9.17) is 17.3 Å². The molecule has 1 aliphatic rings. The Labute approximate surface area is 118 Å². The van der Waals surface area contributed by atoms with Crippen LogP contribution in [0.15, 0.2) is 23.1 Å². The zero-order valence-electron chi connectivity index (χ0n) is 10.8. The number of nitrogen functional groups attached to an aromatic ring is 1. The SMILES string of the molecule is CN1CCC(NS(=O)(=O)c2ccc(N)c(Cl)c2)CC1. The van der Waals surface area contributed by atoms with Gasteiger partial charge >= 0.3 is 0 Å². The Morgan fingerprint density at radius 2 is 2.00 bits per heavy atom. The van der Waals surface area contributed by atoms with E-state index in [2.05, 4.69) is 9.62 Å². The van der Waals surface area contributed by atoms with E-state index in [1.165, 1.54) is 18.2 Å². The Kier molecular flexibility index (Phi) is 4.35. The van der Waals surface area contributed by atoms with Gasteiger partial charge in [0.15, 0.2) is 0 Å². The number of nitrogens with one attached hydrogen (secondary N) is 1. The van der Waals surface area contributed by atoms with Crippen LogP contribution >= 0.6 is 11.6 Å². The molecule has 1 aromatic carbocycles. The predicted molar refractivity (Wildman–Crippen MR) is 76.7 cm³/mol. The number of sulfonamides is 1. The van der Waals surface area contributed by atoms with E-state index >= 15 is 0 Å². The van der Waals surface area contributed by atoms with E-state index in [0.717, 1.165) is 25.9 Å². The Morgan fingerprint density at radius 3 is 2.58 bits per heavy atom. The molecule has 1 heterocycles. The second kappa shape index (κ2) is 5.66. The smallest absolute Gasteiger partial charge is 0.240 e. The highest BCUT2D eigenvalue weighted by atomic mass is 35.5. The molecule has 0 amide bonds. The number of hydrogen-bond acceptors (Lipinski definition) is 4. The summed E-state index contributed by atoms with van der Waals surface area (Å²) in [6.07, 6.45) is 1.64. The van der Waals surface area contributed by atoms with Crippen molar-refractivity contribution in [3.05, 3.63) is 23.2 Å². The van der Waals surface area contributed by atoms with Crippen molar-refractivity contribution in [3.8, 4) is 0 Å². The standard InChI is InChI=1S/C12H18ClN3O2S/c1-16-6-4-9(5-7-16)15-19(17,18)10-2-3-12(14)11(13)8-10/h2-3,8-9,15H,4-7,14H2,1H3. The number of benzene rings is 1. The Hall–Kier alpha value is -0.820.